The monoisotopic (exact) mass is 408 g/mol. The van der Waals surface area contributed by atoms with E-state index in [0.29, 0.717) is 17.7 Å². The molecule has 0 radical (unpaired) electrons. The van der Waals surface area contributed by atoms with Gasteiger partial charge in [-0.2, -0.15) is 0 Å². The number of benzene rings is 2. The summed E-state index contributed by atoms with van der Waals surface area (Å²) in [4.78, 5) is 38.9. The topological polar surface area (TPSA) is 75.7 Å². The molecule has 6 nitrogen and oxygen atoms in total. The van der Waals surface area contributed by atoms with Gasteiger partial charge in [0, 0.05) is 25.9 Å². The number of anilines is 1. The third-order valence-corrected chi connectivity index (χ3v) is 5.13. The number of carbonyl (C=O) groups is 3. The molecule has 0 bridgehead atoms. The standard InChI is InChI=1S/C24H28N2O4/c27-22(13-14-23(28)30-18-15-19-9-3-1-4-10-19)25-21-12-6-5-11-20(21)24(29)26-16-7-2-8-17-26/h1,3-6,9-12H,2,7-8,13-18H2,(H,25,27). The van der Waals surface area contributed by atoms with E-state index in [4.69, 9.17) is 4.74 Å². The van der Waals surface area contributed by atoms with E-state index in [0.717, 1.165) is 37.9 Å². The number of esters is 1. The lowest BCUT2D eigenvalue weighted by molar-refractivity contribution is -0.144. The molecule has 1 heterocycles. The maximum absolute atomic E-state index is 12.8. The van der Waals surface area contributed by atoms with Crippen molar-refractivity contribution < 1.29 is 19.1 Å². The van der Waals surface area contributed by atoms with Gasteiger partial charge in [-0.25, -0.2) is 0 Å². The molecule has 0 spiro atoms. The number of rotatable bonds is 8. The Balaban J connectivity index is 1.45. The maximum Gasteiger partial charge on any atom is 0.306 e. The Kier molecular flexibility index (Phi) is 8.01. The summed E-state index contributed by atoms with van der Waals surface area (Å²) in [5.41, 5.74) is 2.06. The first-order chi connectivity index (χ1) is 14.6. The smallest absolute Gasteiger partial charge is 0.306 e. The Bertz CT molecular complexity index is 861. The zero-order chi connectivity index (χ0) is 21.2. The minimum atomic E-state index is -0.404. The zero-order valence-corrected chi connectivity index (χ0v) is 17.1. The fourth-order valence-corrected chi connectivity index (χ4v) is 3.47. The predicted molar refractivity (Wildman–Crippen MR) is 115 cm³/mol. The maximum atomic E-state index is 12.8. The summed E-state index contributed by atoms with van der Waals surface area (Å²) >= 11 is 0. The van der Waals surface area contributed by atoms with Gasteiger partial charge in [-0.1, -0.05) is 42.5 Å². The van der Waals surface area contributed by atoms with Gasteiger partial charge in [0.15, 0.2) is 0 Å². The van der Waals surface area contributed by atoms with Crippen molar-refractivity contribution >= 4 is 23.5 Å². The molecule has 1 fully saturated rings. The van der Waals surface area contributed by atoms with E-state index >= 15 is 0 Å². The number of ether oxygens (including phenoxy) is 1. The highest BCUT2D eigenvalue weighted by atomic mass is 16.5. The summed E-state index contributed by atoms with van der Waals surface area (Å²) in [6.07, 6.45) is 3.81. The molecule has 158 valence electrons. The van der Waals surface area contributed by atoms with Gasteiger partial charge in [0.1, 0.15) is 0 Å². The second-order valence-electron chi connectivity index (χ2n) is 7.40. The Morgan fingerprint density at radius 2 is 1.57 bits per heavy atom. The van der Waals surface area contributed by atoms with Gasteiger partial charge in [-0.05, 0) is 37.0 Å². The lowest BCUT2D eigenvalue weighted by Gasteiger charge is -2.27. The molecular formula is C24H28N2O4. The van der Waals surface area contributed by atoms with Gasteiger partial charge in [0.25, 0.3) is 5.91 Å². The van der Waals surface area contributed by atoms with Crippen LogP contribution in [0.15, 0.2) is 54.6 Å². The van der Waals surface area contributed by atoms with Gasteiger partial charge >= 0.3 is 5.97 Å². The first-order valence-corrected chi connectivity index (χ1v) is 10.5. The quantitative estimate of drug-likeness (QED) is 0.674. The molecule has 0 saturated carbocycles. The Hall–Kier alpha value is -3.15. The SMILES string of the molecule is O=C(CCC(=O)OCCc1ccccc1)Nc1ccccc1C(=O)N1CCCCC1. The van der Waals surface area contributed by atoms with Crippen molar-refractivity contribution in [2.24, 2.45) is 0 Å². The Morgan fingerprint density at radius 1 is 0.867 bits per heavy atom. The molecule has 3 rings (SSSR count). The largest absolute Gasteiger partial charge is 0.465 e. The van der Waals surface area contributed by atoms with Crippen LogP contribution < -0.4 is 5.32 Å². The minimum Gasteiger partial charge on any atom is -0.465 e. The Labute approximate surface area is 177 Å². The molecule has 2 aromatic rings. The third-order valence-electron chi connectivity index (χ3n) is 5.13. The van der Waals surface area contributed by atoms with Crippen molar-refractivity contribution in [3.05, 3.63) is 65.7 Å². The van der Waals surface area contributed by atoms with Crippen molar-refractivity contribution in [1.82, 2.24) is 4.90 Å². The predicted octanol–water partition coefficient (Wildman–Crippen LogP) is 3.82. The van der Waals surface area contributed by atoms with Crippen LogP contribution in [0.1, 0.15) is 48.0 Å². The van der Waals surface area contributed by atoms with Gasteiger partial charge < -0.3 is 15.0 Å². The molecule has 1 saturated heterocycles. The third kappa shape index (κ3) is 6.44. The van der Waals surface area contributed by atoms with Crippen LogP contribution in [0.4, 0.5) is 5.69 Å². The highest BCUT2D eigenvalue weighted by Gasteiger charge is 2.21. The molecule has 0 aliphatic carbocycles. The van der Waals surface area contributed by atoms with E-state index in [1.807, 2.05) is 35.2 Å². The molecule has 1 N–H and O–H groups in total. The van der Waals surface area contributed by atoms with E-state index in [-0.39, 0.29) is 31.3 Å². The summed E-state index contributed by atoms with van der Waals surface area (Å²) in [6.45, 7) is 1.78. The number of carbonyl (C=O) groups excluding carboxylic acids is 3. The highest BCUT2D eigenvalue weighted by molar-refractivity contribution is 6.04. The van der Waals surface area contributed by atoms with Crippen LogP contribution in [0.25, 0.3) is 0 Å². The number of hydrogen-bond donors (Lipinski definition) is 1. The van der Waals surface area contributed by atoms with Crippen LogP contribution in [-0.4, -0.2) is 42.4 Å². The molecule has 6 heteroatoms. The molecule has 2 amide bonds. The lowest BCUT2D eigenvalue weighted by atomic mass is 10.1. The molecule has 1 aliphatic rings. The van der Waals surface area contributed by atoms with Crippen LogP contribution in [0.5, 0.6) is 0 Å². The van der Waals surface area contributed by atoms with E-state index in [9.17, 15) is 14.4 Å². The summed E-state index contributed by atoms with van der Waals surface area (Å²) in [5, 5.41) is 2.77. The number of para-hydroxylation sites is 1. The second-order valence-corrected chi connectivity index (χ2v) is 7.40. The summed E-state index contributed by atoms with van der Waals surface area (Å²) in [6, 6.07) is 16.8. The van der Waals surface area contributed by atoms with Crippen LogP contribution in [-0.2, 0) is 20.7 Å². The number of hydrogen-bond acceptors (Lipinski definition) is 4. The first-order valence-electron chi connectivity index (χ1n) is 10.5. The average Bonchev–Trinajstić information content (AvgIpc) is 2.79. The van der Waals surface area contributed by atoms with E-state index in [2.05, 4.69) is 5.32 Å². The molecule has 0 unspecified atom stereocenters. The number of piperidine rings is 1. The fraction of sp³-hybridized carbons (Fsp3) is 0.375. The van der Waals surface area contributed by atoms with Gasteiger partial charge in [-0.3, -0.25) is 14.4 Å². The number of likely N-dealkylation sites (tertiary alicyclic amines) is 1. The first kappa shape index (κ1) is 21.6. The number of nitrogens with zero attached hydrogens (tertiary/aromatic N) is 1. The number of nitrogens with one attached hydrogen (secondary N) is 1. The van der Waals surface area contributed by atoms with Crippen LogP contribution in [0.3, 0.4) is 0 Å². The normalized spacial score (nSPS) is 13.5. The van der Waals surface area contributed by atoms with Crippen LogP contribution >= 0.6 is 0 Å². The molecule has 30 heavy (non-hydrogen) atoms. The van der Waals surface area contributed by atoms with Crippen molar-refractivity contribution in [3.8, 4) is 0 Å². The summed E-state index contributed by atoms with van der Waals surface area (Å²) in [7, 11) is 0. The zero-order valence-electron chi connectivity index (χ0n) is 17.1. The summed E-state index contributed by atoms with van der Waals surface area (Å²) < 4.78 is 5.21. The van der Waals surface area contributed by atoms with Gasteiger partial charge in [0.05, 0.1) is 24.3 Å². The minimum absolute atomic E-state index is 0.00284. The molecule has 1 aliphatic heterocycles. The molecule has 0 aromatic heterocycles. The van der Waals surface area contributed by atoms with E-state index in [1.165, 1.54) is 0 Å². The Morgan fingerprint density at radius 3 is 2.33 bits per heavy atom. The lowest BCUT2D eigenvalue weighted by Crippen LogP contribution is -2.36. The van der Waals surface area contributed by atoms with Gasteiger partial charge in [-0.15, -0.1) is 0 Å². The number of amides is 2. The highest BCUT2D eigenvalue weighted by Crippen LogP contribution is 2.20. The molecular weight excluding hydrogens is 380 g/mol. The molecule has 0 atom stereocenters. The average molecular weight is 408 g/mol. The molecule has 2 aromatic carbocycles. The van der Waals surface area contributed by atoms with Gasteiger partial charge in [0.2, 0.25) is 5.91 Å². The fourth-order valence-electron chi connectivity index (χ4n) is 3.47. The van der Waals surface area contributed by atoms with E-state index < -0.39 is 5.97 Å². The van der Waals surface area contributed by atoms with Crippen LogP contribution in [0, 0.1) is 0 Å². The van der Waals surface area contributed by atoms with Crippen molar-refractivity contribution in [3.63, 3.8) is 0 Å². The van der Waals surface area contributed by atoms with Crippen molar-refractivity contribution in [2.45, 2.75) is 38.5 Å². The van der Waals surface area contributed by atoms with Crippen LogP contribution in [0.2, 0.25) is 0 Å². The summed E-state index contributed by atoms with van der Waals surface area (Å²) in [5.74, 6) is -0.779. The van der Waals surface area contributed by atoms with Crippen molar-refractivity contribution in [2.75, 3.05) is 25.0 Å². The van der Waals surface area contributed by atoms with Crippen molar-refractivity contribution in [1.29, 1.82) is 0 Å². The second kappa shape index (κ2) is 11.1. The van der Waals surface area contributed by atoms with E-state index in [1.54, 1.807) is 24.3 Å².